The molecular weight excluding hydrogens is 321 g/mol. The SMILES string of the molecule is CCc1ncnc(N2CCN(CC(=O)Nc3ccccc3)CC2)c1F. The summed E-state index contributed by atoms with van der Waals surface area (Å²) < 4.78 is 14.4. The molecule has 132 valence electrons. The van der Waals surface area contributed by atoms with Crippen molar-refractivity contribution in [2.24, 2.45) is 0 Å². The maximum Gasteiger partial charge on any atom is 0.238 e. The van der Waals surface area contributed by atoms with Gasteiger partial charge in [-0.25, -0.2) is 14.4 Å². The van der Waals surface area contributed by atoms with Crippen LogP contribution in [0.25, 0.3) is 0 Å². The second-order valence-electron chi connectivity index (χ2n) is 5.99. The van der Waals surface area contributed by atoms with Crippen LogP contribution in [0.4, 0.5) is 15.9 Å². The molecule has 25 heavy (non-hydrogen) atoms. The molecule has 3 rings (SSSR count). The van der Waals surface area contributed by atoms with Crippen LogP contribution in [0.1, 0.15) is 12.6 Å². The number of nitrogens with zero attached hydrogens (tertiary/aromatic N) is 4. The Labute approximate surface area is 146 Å². The number of rotatable bonds is 5. The van der Waals surface area contributed by atoms with Gasteiger partial charge in [-0.1, -0.05) is 25.1 Å². The second kappa shape index (κ2) is 8.02. The van der Waals surface area contributed by atoms with Crippen molar-refractivity contribution >= 4 is 17.4 Å². The molecule has 1 fully saturated rings. The molecule has 0 aliphatic carbocycles. The minimum Gasteiger partial charge on any atom is -0.352 e. The molecule has 1 amide bonds. The zero-order valence-corrected chi connectivity index (χ0v) is 14.3. The normalized spacial score (nSPS) is 15.2. The summed E-state index contributed by atoms with van der Waals surface area (Å²) in [6.45, 7) is 4.85. The van der Waals surface area contributed by atoms with Crippen molar-refractivity contribution in [2.45, 2.75) is 13.3 Å². The van der Waals surface area contributed by atoms with Crippen LogP contribution in [-0.4, -0.2) is 53.5 Å². The van der Waals surface area contributed by atoms with Gasteiger partial charge in [0.1, 0.15) is 6.33 Å². The Bertz CT molecular complexity index is 717. The molecule has 1 aliphatic rings. The highest BCUT2D eigenvalue weighted by molar-refractivity contribution is 5.92. The van der Waals surface area contributed by atoms with Crippen molar-refractivity contribution in [3.05, 3.63) is 48.2 Å². The molecule has 1 aromatic heterocycles. The number of benzene rings is 1. The van der Waals surface area contributed by atoms with E-state index in [9.17, 15) is 9.18 Å². The van der Waals surface area contributed by atoms with Crippen molar-refractivity contribution in [3.63, 3.8) is 0 Å². The van der Waals surface area contributed by atoms with Gasteiger partial charge < -0.3 is 10.2 Å². The summed E-state index contributed by atoms with van der Waals surface area (Å²) in [5.74, 6) is -0.0124. The molecule has 7 heteroatoms. The van der Waals surface area contributed by atoms with Crippen molar-refractivity contribution in [1.29, 1.82) is 0 Å². The first-order valence-corrected chi connectivity index (χ1v) is 8.49. The van der Waals surface area contributed by atoms with Crippen LogP contribution in [0.2, 0.25) is 0 Å². The van der Waals surface area contributed by atoms with Gasteiger partial charge in [-0.2, -0.15) is 0 Å². The fourth-order valence-corrected chi connectivity index (χ4v) is 2.91. The van der Waals surface area contributed by atoms with Crippen molar-refractivity contribution in [1.82, 2.24) is 14.9 Å². The number of carbonyl (C=O) groups is 1. The van der Waals surface area contributed by atoms with Crippen LogP contribution in [0.5, 0.6) is 0 Å². The molecule has 1 saturated heterocycles. The third-order valence-electron chi connectivity index (χ3n) is 4.27. The Morgan fingerprint density at radius 3 is 2.56 bits per heavy atom. The summed E-state index contributed by atoms with van der Waals surface area (Å²) in [7, 11) is 0. The smallest absolute Gasteiger partial charge is 0.238 e. The number of aromatic nitrogens is 2. The molecule has 6 nitrogen and oxygen atoms in total. The predicted molar refractivity (Wildman–Crippen MR) is 95.1 cm³/mol. The van der Waals surface area contributed by atoms with E-state index in [4.69, 9.17) is 0 Å². The molecular formula is C18H22FN5O. The Hall–Kier alpha value is -2.54. The minimum absolute atomic E-state index is 0.0406. The van der Waals surface area contributed by atoms with Gasteiger partial charge in [0.25, 0.3) is 0 Å². The lowest BCUT2D eigenvalue weighted by Crippen LogP contribution is -2.49. The van der Waals surface area contributed by atoms with Gasteiger partial charge in [0.15, 0.2) is 11.6 Å². The molecule has 1 aliphatic heterocycles. The number of hydrogen-bond acceptors (Lipinski definition) is 5. The van der Waals surface area contributed by atoms with Gasteiger partial charge in [-0.3, -0.25) is 9.69 Å². The summed E-state index contributed by atoms with van der Waals surface area (Å²) in [6, 6.07) is 9.40. The van der Waals surface area contributed by atoms with Crippen LogP contribution in [-0.2, 0) is 11.2 Å². The lowest BCUT2D eigenvalue weighted by atomic mass is 10.2. The lowest BCUT2D eigenvalue weighted by Gasteiger charge is -2.35. The molecule has 0 atom stereocenters. The topological polar surface area (TPSA) is 61.4 Å². The van der Waals surface area contributed by atoms with E-state index in [1.54, 1.807) is 0 Å². The molecule has 0 bridgehead atoms. The molecule has 0 radical (unpaired) electrons. The summed E-state index contributed by atoms with van der Waals surface area (Å²) in [5, 5.41) is 2.88. The maximum absolute atomic E-state index is 14.4. The number of carbonyl (C=O) groups excluding carboxylic acids is 1. The molecule has 1 N–H and O–H groups in total. The molecule has 1 aromatic carbocycles. The van der Waals surface area contributed by atoms with E-state index in [1.165, 1.54) is 6.33 Å². The molecule has 2 heterocycles. The highest BCUT2D eigenvalue weighted by Crippen LogP contribution is 2.19. The largest absolute Gasteiger partial charge is 0.352 e. The number of piperazine rings is 1. The monoisotopic (exact) mass is 343 g/mol. The summed E-state index contributed by atoms with van der Waals surface area (Å²) in [5.41, 5.74) is 1.23. The quantitative estimate of drug-likeness (QED) is 0.899. The first-order chi connectivity index (χ1) is 12.2. The maximum atomic E-state index is 14.4. The molecule has 0 unspecified atom stereocenters. The van der Waals surface area contributed by atoms with E-state index >= 15 is 0 Å². The Morgan fingerprint density at radius 2 is 1.88 bits per heavy atom. The zero-order chi connectivity index (χ0) is 17.6. The average molecular weight is 343 g/mol. The fourth-order valence-electron chi connectivity index (χ4n) is 2.91. The predicted octanol–water partition coefficient (Wildman–Crippen LogP) is 1.94. The number of anilines is 2. The molecule has 2 aromatic rings. The number of aryl methyl sites for hydroxylation is 1. The van der Waals surface area contributed by atoms with Gasteiger partial charge >= 0.3 is 0 Å². The van der Waals surface area contributed by atoms with Crippen molar-refractivity contribution in [2.75, 3.05) is 42.9 Å². The van der Waals surface area contributed by atoms with Crippen molar-refractivity contribution < 1.29 is 9.18 Å². The highest BCUT2D eigenvalue weighted by Gasteiger charge is 2.23. The van der Waals surface area contributed by atoms with E-state index < -0.39 is 0 Å². The minimum atomic E-state index is -0.333. The fraction of sp³-hybridized carbons (Fsp3) is 0.389. The second-order valence-corrected chi connectivity index (χ2v) is 5.99. The van der Waals surface area contributed by atoms with E-state index in [2.05, 4.69) is 20.2 Å². The van der Waals surface area contributed by atoms with Crippen molar-refractivity contribution in [3.8, 4) is 0 Å². The van der Waals surface area contributed by atoms with Gasteiger partial charge in [-0.05, 0) is 18.6 Å². The van der Waals surface area contributed by atoms with E-state index in [0.717, 1.165) is 5.69 Å². The van der Waals surface area contributed by atoms with Gasteiger partial charge in [-0.15, -0.1) is 0 Å². The number of amides is 1. The van der Waals surface area contributed by atoms with Crippen LogP contribution >= 0.6 is 0 Å². The van der Waals surface area contributed by atoms with Crippen LogP contribution in [0.3, 0.4) is 0 Å². The highest BCUT2D eigenvalue weighted by atomic mass is 19.1. The number of nitrogens with one attached hydrogen (secondary N) is 1. The molecule has 0 spiro atoms. The Balaban J connectivity index is 1.53. The van der Waals surface area contributed by atoms with Crippen LogP contribution in [0, 0.1) is 5.82 Å². The first kappa shape index (κ1) is 17.3. The zero-order valence-electron chi connectivity index (χ0n) is 14.3. The average Bonchev–Trinajstić information content (AvgIpc) is 2.63. The van der Waals surface area contributed by atoms with Gasteiger partial charge in [0.05, 0.1) is 12.2 Å². The van der Waals surface area contributed by atoms with Gasteiger partial charge in [0, 0.05) is 31.9 Å². The Kier molecular flexibility index (Phi) is 5.55. The third kappa shape index (κ3) is 4.30. The van der Waals surface area contributed by atoms with E-state index in [0.29, 0.717) is 50.7 Å². The number of para-hydroxylation sites is 1. The summed E-state index contributed by atoms with van der Waals surface area (Å²) >= 11 is 0. The van der Waals surface area contributed by atoms with Crippen LogP contribution in [0.15, 0.2) is 36.7 Å². The number of halogens is 1. The van der Waals surface area contributed by atoms with E-state index in [-0.39, 0.29) is 11.7 Å². The first-order valence-electron chi connectivity index (χ1n) is 8.49. The van der Waals surface area contributed by atoms with Gasteiger partial charge in [0.2, 0.25) is 5.91 Å². The van der Waals surface area contributed by atoms with Crippen LogP contribution < -0.4 is 10.2 Å². The molecule has 0 saturated carbocycles. The standard InChI is InChI=1S/C18H22FN5O/c1-2-15-17(19)18(21-13-20-15)24-10-8-23(9-11-24)12-16(25)22-14-6-4-3-5-7-14/h3-7,13H,2,8-12H2,1H3,(H,22,25). The Morgan fingerprint density at radius 1 is 1.16 bits per heavy atom. The summed E-state index contributed by atoms with van der Waals surface area (Å²) in [4.78, 5) is 24.2. The number of hydrogen-bond donors (Lipinski definition) is 1. The lowest BCUT2D eigenvalue weighted by molar-refractivity contribution is -0.117. The summed E-state index contributed by atoms with van der Waals surface area (Å²) in [6.07, 6.45) is 1.96. The third-order valence-corrected chi connectivity index (χ3v) is 4.27. The van der Waals surface area contributed by atoms with E-state index in [1.807, 2.05) is 42.2 Å².